The summed E-state index contributed by atoms with van der Waals surface area (Å²) in [7, 11) is 6.14. The van der Waals surface area contributed by atoms with Gasteiger partial charge in [-0.3, -0.25) is 0 Å². The van der Waals surface area contributed by atoms with Gasteiger partial charge in [0.25, 0.3) is 0 Å². The van der Waals surface area contributed by atoms with Crippen LogP contribution in [0.5, 0.6) is 0 Å². The molecular formula is C17H21N2+. The molecule has 0 N–H and O–H groups in total. The summed E-state index contributed by atoms with van der Waals surface area (Å²) in [4.78, 5) is 2.09. The molecule has 0 atom stereocenters. The standard InChI is InChI=1S/C17H21N2/c1-14(19(4)17-8-6-5-7-9-17)15-10-12-16(13-11-15)18(2)3/h6-13H,1,5H2,2-4H3/q+1. The van der Waals surface area contributed by atoms with E-state index in [1.807, 2.05) is 14.1 Å². The van der Waals surface area contributed by atoms with E-state index >= 15 is 0 Å². The lowest BCUT2D eigenvalue weighted by atomic mass is 10.1. The van der Waals surface area contributed by atoms with Crippen molar-refractivity contribution in [3.8, 4) is 0 Å². The molecule has 0 aliphatic heterocycles. The fourth-order valence-corrected chi connectivity index (χ4v) is 2.04. The van der Waals surface area contributed by atoms with Crippen molar-refractivity contribution in [2.24, 2.45) is 0 Å². The molecule has 1 aliphatic rings. The van der Waals surface area contributed by atoms with Crippen LogP contribution in [-0.2, 0) is 0 Å². The molecule has 2 rings (SSSR count). The largest absolute Gasteiger partial charge is 0.378 e. The fraction of sp³-hybridized carbons (Fsp3) is 0.235. The van der Waals surface area contributed by atoms with Crippen LogP contribution in [-0.4, -0.2) is 31.4 Å². The van der Waals surface area contributed by atoms with Crippen LogP contribution >= 0.6 is 0 Å². The number of benzene rings is 1. The molecule has 2 heteroatoms. The van der Waals surface area contributed by atoms with Crippen molar-refractivity contribution in [2.45, 2.75) is 6.42 Å². The zero-order valence-electron chi connectivity index (χ0n) is 11.9. The summed E-state index contributed by atoms with van der Waals surface area (Å²) in [5.41, 5.74) is 4.53. The smallest absolute Gasteiger partial charge is 0.205 e. The lowest BCUT2D eigenvalue weighted by Crippen LogP contribution is -2.13. The van der Waals surface area contributed by atoms with Crippen LogP contribution in [0.1, 0.15) is 12.0 Å². The second-order valence-corrected chi connectivity index (χ2v) is 4.91. The zero-order valence-corrected chi connectivity index (χ0v) is 11.9. The number of nitrogens with zero attached hydrogens (tertiary/aromatic N) is 2. The molecule has 98 valence electrons. The Hall–Kier alpha value is -2.09. The van der Waals surface area contributed by atoms with Crippen molar-refractivity contribution in [1.29, 1.82) is 0 Å². The molecule has 0 fully saturated rings. The predicted molar refractivity (Wildman–Crippen MR) is 83.9 cm³/mol. The van der Waals surface area contributed by atoms with Crippen molar-refractivity contribution in [3.05, 3.63) is 60.7 Å². The van der Waals surface area contributed by atoms with Gasteiger partial charge in [-0.1, -0.05) is 12.2 Å². The van der Waals surface area contributed by atoms with Gasteiger partial charge in [0.2, 0.25) is 11.4 Å². The van der Waals surface area contributed by atoms with Crippen LogP contribution in [0.25, 0.3) is 5.70 Å². The van der Waals surface area contributed by atoms with Crippen LogP contribution in [0.15, 0.2) is 55.1 Å². The van der Waals surface area contributed by atoms with E-state index in [-0.39, 0.29) is 0 Å². The minimum Gasteiger partial charge on any atom is -0.378 e. The van der Waals surface area contributed by atoms with E-state index in [9.17, 15) is 0 Å². The molecule has 0 unspecified atom stereocenters. The van der Waals surface area contributed by atoms with Crippen molar-refractivity contribution in [1.82, 2.24) is 0 Å². The Balaban J connectivity index is 2.26. The average Bonchev–Trinajstić information content (AvgIpc) is 2.46. The van der Waals surface area contributed by atoms with Crippen LogP contribution in [0.4, 0.5) is 5.69 Å². The van der Waals surface area contributed by atoms with Crippen molar-refractivity contribution < 1.29 is 4.58 Å². The van der Waals surface area contributed by atoms with Gasteiger partial charge in [-0.05, 0) is 37.3 Å². The van der Waals surface area contributed by atoms with E-state index in [1.165, 1.54) is 11.4 Å². The molecule has 1 aromatic rings. The molecule has 1 aliphatic carbocycles. The summed E-state index contributed by atoms with van der Waals surface area (Å²) in [5, 5.41) is 0. The van der Waals surface area contributed by atoms with E-state index in [1.54, 1.807) is 0 Å². The van der Waals surface area contributed by atoms with E-state index in [2.05, 4.69) is 71.7 Å². The highest BCUT2D eigenvalue weighted by atomic mass is 15.1. The summed E-state index contributed by atoms with van der Waals surface area (Å²) in [6.45, 7) is 4.20. The molecule has 1 aromatic carbocycles. The minimum absolute atomic E-state index is 1.01. The summed E-state index contributed by atoms with van der Waals surface area (Å²) in [5.74, 6) is 0. The van der Waals surface area contributed by atoms with E-state index in [0.717, 1.165) is 17.7 Å². The molecule has 19 heavy (non-hydrogen) atoms. The first-order valence-electron chi connectivity index (χ1n) is 6.50. The van der Waals surface area contributed by atoms with E-state index < -0.39 is 0 Å². The topological polar surface area (TPSA) is 6.25 Å². The molecule has 0 saturated heterocycles. The van der Waals surface area contributed by atoms with Gasteiger partial charge in [0.05, 0.1) is 0 Å². The third-order valence-corrected chi connectivity index (χ3v) is 3.36. The summed E-state index contributed by atoms with van der Waals surface area (Å²) in [6, 6.07) is 8.47. The van der Waals surface area contributed by atoms with Crippen LogP contribution < -0.4 is 4.90 Å². The highest BCUT2D eigenvalue weighted by molar-refractivity contribution is 6.02. The van der Waals surface area contributed by atoms with E-state index in [0.29, 0.717) is 0 Å². The predicted octanol–water partition coefficient (Wildman–Crippen LogP) is 3.32. The fourth-order valence-electron chi connectivity index (χ4n) is 2.04. The molecule has 0 aromatic heterocycles. The van der Waals surface area contributed by atoms with Gasteiger partial charge in [-0.25, -0.2) is 0 Å². The van der Waals surface area contributed by atoms with Gasteiger partial charge in [-0.15, -0.1) is 0 Å². The Morgan fingerprint density at radius 1 is 1.11 bits per heavy atom. The van der Waals surface area contributed by atoms with Gasteiger partial charge in [-0.2, -0.15) is 4.58 Å². The van der Waals surface area contributed by atoms with Gasteiger partial charge in [0.1, 0.15) is 7.05 Å². The summed E-state index contributed by atoms with van der Waals surface area (Å²) in [6.07, 6.45) is 9.61. The van der Waals surface area contributed by atoms with Gasteiger partial charge in [0.15, 0.2) is 0 Å². The zero-order chi connectivity index (χ0) is 13.8. The minimum atomic E-state index is 1.01. The molecule has 0 heterocycles. The Labute approximate surface area is 115 Å². The third-order valence-electron chi connectivity index (χ3n) is 3.36. The molecular weight excluding hydrogens is 232 g/mol. The number of hydrogen-bond donors (Lipinski definition) is 0. The Bertz CT molecular complexity index is 543. The summed E-state index contributed by atoms with van der Waals surface area (Å²) >= 11 is 0. The van der Waals surface area contributed by atoms with E-state index in [4.69, 9.17) is 0 Å². The monoisotopic (exact) mass is 253 g/mol. The van der Waals surface area contributed by atoms with Crippen LogP contribution in [0.3, 0.4) is 0 Å². The summed E-state index contributed by atoms with van der Waals surface area (Å²) < 4.78 is 2.12. The molecule has 0 bridgehead atoms. The normalized spacial score (nSPS) is 13.5. The van der Waals surface area contributed by atoms with Crippen molar-refractivity contribution in [2.75, 3.05) is 26.0 Å². The Morgan fingerprint density at radius 2 is 1.68 bits per heavy atom. The lowest BCUT2D eigenvalue weighted by Gasteiger charge is -2.12. The number of rotatable bonds is 3. The Morgan fingerprint density at radius 3 is 2.21 bits per heavy atom. The number of anilines is 1. The van der Waals surface area contributed by atoms with Crippen LogP contribution in [0.2, 0.25) is 0 Å². The lowest BCUT2D eigenvalue weighted by molar-refractivity contribution is -0.393. The van der Waals surface area contributed by atoms with Gasteiger partial charge >= 0.3 is 0 Å². The number of hydrogen-bond acceptors (Lipinski definition) is 1. The molecule has 0 amide bonds. The Kier molecular flexibility index (Phi) is 4.00. The maximum Gasteiger partial charge on any atom is 0.205 e. The second kappa shape index (κ2) is 5.70. The highest BCUT2D eigenvalue weighted by Crippen LogP contribution is 2.18. The highest BCUT2D eigenvalue weighted by Gasteiger charge is 2.13. The van der Waals surface area contributed by atoms with Gasteiger partial charge in [0, 0.05) is 37.5 Å². The second-order valence-electron chi connectivity index (χ2n) is 4.91. The number of allylic oxidation sites excluding steroid dienone is 4. The molecule has 2 nitrogen and oxygen atoms in total. The molecule has 0 saturated carbocycles. The maximum atomic E-state index is 4.20. The SMILES string of the molecule is C=C(c1ccc(N(C)C)cc1)[N+](C)=C1C=CCC=C1. The average molecular weight is 253 g/mol. The molecule has 0 spiro atoms. The molecule has 0 radical (unpaired) electrons. The quantitative estimate of drug-likeness (QED) is 0.749. The van der Waals surface area contributed by atoms with Crippen molar-refractivity contribution >= 4 is 17.1 Å². The first-order valence-corrected chi connectivity index (χ1v) is 6.50. The van der Waals surface area contributed by atoms with Crippen molar-refractivity contribution in [3.63, 3.8) is 0 Å². The first-order chi connectivity index (χ1) is 9.09. The van der Waals surface area contributed by atoms with Gasteiger partial charge < -0.3 is 4.90 Å². The van der Waals surface area contributed by atoms with Crippen LogP contribution in [0, 0.1) is 0 Å². The first kappa shape index (κ1) is 13.3. The third kappa shape index (κ3) is 3.02. The maximum absolute atomic E-state index is 4.20.